The fourth-order valence-electron chi connectivity index (χ4n) is 0.894. The average Bonchev–Trinajstić information content (AvgIpc) is 2.08. The van der Waals surface area contributed by atoms with E-state index in [9.17, 15) is 4.79 Å². The Morgan fingerprint density at radius 2 is 2.46 bits per heavy atom. The molecule has 1 aromatic rings. The Morgan fingerprint density at radius 3 is 3.00 bits per heavy atom. The van der Waals surface area contributed by atoms with Gasteiger partial charge in [0.25, 0.3) is 0 Å². The number of nitrogens with two attached hydrogens (primary N) is 1. The van der Waals surface area contributed by atoms with E-state index in [1.54, 1.807) is 18.5 Å². The van der Waals surface area contributed by atoms with Gasteiger partial charge in [-0.25, -0.2) is 0 Å². The monoisotopic (exact) mass is 244 g/mol. The highest BCUT2D eigenvalue weighted by molar-refractivity contribution is 9.10. The molecule has 3 N–H and O–H groups in total. The lowest BCUT2D eigenvalue weighted by Crippen LogP contribution is -2.32. The molecule has 0 fully saturated rings. The molecule has 0 saturated heterocycles. The normalized spacial score (nSPS) is 12.5. The number of carboxylic acid groups (broad SMARTS) is 1. The summed E-state index contributed by atoms with van der Waals surface area (Å²) in [7, 11) is 0. The number of hydrogen-bond acceptors (Lipinski definition) is 3. The summed E-state index contributed by atoms with van der Waals surface area (Å²) in [5.74, 6) is -0.997. The molecule has 0 amide bonds. The fourth-order valence-corrected chi connectivity index (χ4v) is 1.31. The largest absolute Gasteiger partial charge is 0.480 e. The van der Waals surface area contributed by atoms with Crippen LogP contribution >= 0.6 is 15.9 Å². The quantitative estimate of drug-likeness (QED) is 0.825. The van der Waals surface area contributed by atoms with Gasteiger partial charge in [-0.15, -0.1) is 0 Å². The third-order valence-corrected chi connectivity index (χ3v) is 2.33. The summed E-state index contributed by atoms with van der Waals surface area (Å²) >= 11 is 3.26. The topological polar surface area (TPSA) is 76.2 Å². The Labute approximate surface area is 83.9 Å². The molecular formula is C8H9BrN2O2. The van der Waals surface area contributed by atoms with Crippen molar-refractivity contribution in [1.82, 2.24) is 4.98 Å². The van der Waals surface area contributed by atoms with Gasteiger partial charge in [0, 0.05) is 16.9 Å². The van der Waals surface area contributed by atoms with Crippen LogP contribution in [-0.2, 0) is 11.2 Å². The van der Waals surface area contributed by atoms with Crippen molar-refractivity contribution in [2.45, 2.75) is 12.5 Å². The molecule has 5 heteroatoms. The molecule has 0 bridgehead atoms. The first-order valence-electron chi connectivity index (χ1n) is 3.68. The van der Waals surface area contributed by atoms with Crippen molar-refractivity contribution in [3.8, 4) is 0 Å². The number of nitrogens with zero attached hydrogens (tertiary/aromatic N) is 1. The summed E-state index contributed by atoms with van der Waals surface area (Å²) in [5.41, 5.74) is 6.23. The predicted molar refractivity (Wildman–Crippen MR) is 51.3 cm³/mol. The minimum absolute atomic E-state index is 0.304. The second-order valence-electron chi connectivity index (χ2n) is 2.62. The second kappa shape index (κ2) is 4.34. The highest BCUT2D eigenvalue weighted by Gasteiger charge is 2.13. The third kappa shape index (κ3) is 2.78. The molecule has 4 nitrogen and oxygen atoms in total. The molecule has 0 saturated carbocycles. The van der Waals surface area contributed by atoms with E-state index in [4.69, 9.17) is 10.8 Å². The fraction of sp³-hybridized carbons (Fsp3) is 0.250. The van der Waals surface area contributed by atoms with Crippen LogP contribution in [0.5, 0.6) is 0 Å². The molecule has 0 aromatic carbocycles. The summed E-state index contributed by atoms with van der Waals surface area (Å²) in [6.45, 7) is 0. The maximum Gasteiger partial charge on any atom is 0.320 e. The van der Waals surface area contributed by atoms with E-state index >= 15 is 0 Å². The van der Waals surface area contributed by atoms with E-state index in [0.29, 0.717) is 6.42 Å². The Hall–Kier alpha value is -0.940. The van der Waals surface area contributed by atoms with E-state index in [2.05, 4.69) is 20.9 Å². The van der Waals surface area contributed by atoms with Crippen LogP contribution in [-0.4, -0.2) is 22.1 Å². The van der Waals surface area contributed by atoms with Crippen LogP contribution in [0.1, 0.15) is 5.56 Å². The van der Waals surface area contributed by atoms with Crippen LogP contribution < -0.4 is 5.73 Å². The summed E-state index contributed by atoms with van der Waals surface area (Å²) in [4.78, 5) is 14.3. The molecule has 0 radical (unpaired) electrons. The molecule has 0 unspecified atom stereocenters. The molecule has 1 heterocycles. The van der Waals surface area contributed by atoms with Crippen LogP contribution in [0.25, 0.3) is 0 Å². The van der Waals surface area contributed by atoms with E-state index in [1.165, 1.54) is 0 Å². The zero-order valence-corrected chi connectivity index (χ0v) is 8.36. The Bertz CT molecular complexity index is 317. The van der Waals surface area contributed by atoms with Crippen molar-refractivity contribution in [1.29, 1.82) is 0 Å². The van der Waals surface area contributed by atoms with E-state index in [-0.39, 0.29) is 0 Å². The van der Waals surface area contributed by atoms with Gasteiger partial charge in [0.05, 0.1) is 0 Å². The molecule has 0 aliphatic rings. The lowest BCUT2D eigenvalue weighted by molar-refractivity contribution is -0.138. The highest BCUT2D eigenvalue weighted by atomic mass is 79.9. The van der Waals surface area contributed by atoms with Crippen LogP contribution in [0.15, 0.2) is 22.9 Å². The number of carboxylic acids is 1. The minimum atomic E-state index is -0.997. The van der Waals surface area contributed by atoms with Crippen molar-refractivity contribution in [2.75, 3.05) is 0 Å². The number of aromatic nitrogens is 1. The second-order valence-corrected chi connectivity index (χ2v) is 3.47. The molecule has 0 spiro atoms. The van der Waals surface area contributed by atoms with Gasteiger partial charge in [0.15, 0.2) is 0 Å². The van der Waals surface area contributed by atoms with Gasteiger partial charge >= 0.3 is 5.97 Å². The lowest BCUT2D eigenvalue weighted by Gasteiger charge is -2.07. The van der Waals surface area contributed by atoms with Gasteiger partial charge in [-0.05, 0) is 34.0 Å². The van der Waals surface area contributed by atoms with Gasteiger partial charge in [0.2, 0.25) is 0 Å². The van der Waals surface area contributed by atoms with Gasteiger partial charge < -0.3 is 10.8 Å². The summed E-state index contributed by atoms with van der Waals surface area (Å²) in [6, 6.07) is 0.881. The Kier molecular flexibility index (Phi) is 3.39. The number of halogens is 1. The van der Waals surface area contributed by atoms with Crippen LogP contribution in [0.2, 0.25) is 0 Å². The van der Waals surface area contributed by atoms with Crippen molar-refractivity contribution in [3.63, 3.8) is 0 Å². The maximum absolute atomic E-state index is 10.5. The first-order chi connectivity index (χ1) is 6.11. The highest BCUT2D eigenvalue weighted by Crippen LogP contribution is 2.15. The molecule has 0 aliphatic carbocycles. The maximum atomic E-state index is 10.5. The number of carbonyl (C=O) groups is 1. The molecule has 70 valence electrons. The van der Waals surface area contributed by atoms with E-state index < -0.39 is 12.0 Å². The minimum Gasteiger partial charge on any atom is -0.480 e. The summed E-state index contributed by atoms with van der Waals surface area (Å²) in [5, 5.41) is 8.58. The SMILES string of the molecule is N[C@@H](Cc1ccncc1Br)C(=O)O. The first kappa shape index (κ1) is 10.1. The Balaban J connectivity index is 2.74. The average molecular weight is 245 g/mol. The first-order valence-corrected chi connectivity index (χ1v) is 4.47. The van der Waals surface area contributed by atoms with Crippen molar-refractivity contribution >= 4 is 21.9 Å². The molecule has 1 aromatic heterocycles. The molecule has 13 heavy (non-hydrogen) atoms. The van der Waals surface area contributed by atoms with Crippen molar-refractivity contribution in [2.24, 2.45) is 5.73 Å². The standard InChI is InChI=1S/C8H9BrN2O2/c9-6-4-11-2-1-5(6)3-7(10)8(12)13/h1-2,4,7H,3,10H2,(H,12,13)/t7-/m0/s1. The van der Waals surface area contributed by atoms with Gasteiger partial charge in [-0.2, -0.15) is 0 Å². The smallest absolute Gasteiger partial charge is 0.320 e. The number of rotatable bonds is 3. The molecule has 1 atom stereocenters. The van der Waals surface area contributed by atoms with E-state index in [1.807, 2.05) is 0 Å². The predicted octanol–water partition coefficient (Wildman–Crippen LogP) is 0.798. The number of pyridine rings is 1. The van der Waals surface area contributed by atoms with Crippen molar-refractivity contribution < 1.29 is 9.90 Å². The van der Waals surface area contributed by atoms with Gasteiger partial charge in [-0.3, -0.25) is 9.78 Å². The third-order valence-electron chi connectivity index (χ3n) is 1.61. The van der Waals surface area contributed by atoms with Gasteiger partial charge in [-0.1, -0.05) is 0 Å². The molecule has 1 rings (SSSR count). The summed E-state index contributed by atoms with van der Waals surface area (Å²) in [6.07, 6.45) is 3.52. The lowest BCUT2D eigenvalue weighted by atomic mass is 10.1. The van der Waals surface area contributed by atoms with Gasteiger partial charge in [0.1, 0.15) is 6.04 Å². The van der Waals surface area contributed by atoms with E-state index in [0.717, 1.165) is 10.0 Å². The van der Waals surface area contributed by atoms with Crippen LogP contribution in [0, 0.1) is 0 Å². The van der Waals surface area contributed by atoms with Crippen LogP contribution in [0.3, 0.4) is 0 Å². The molecule has 0 aliphatic heterocycles. The number of aliphatic carboxylic acids is 1. The molecular weight excluding hydrogens is 236 g/mol. The van der Waals surface area contributed by atoms with Crippen LogP contribution in [0.4, 0.5) is 0 Å². The summed E-state index contributed by atoms with van der Waals surface area (Å²) < 4.78 is 0.784. The number of hydrogen-bond donors (Lipinski definition) is 2. The zero-order chi connectivity index (χ0) is 9.84. The Morgan fingerprint density at radius 1 is 1.77 bits per heavy atom. The van der Waals surface area contributed by atoms with Crippen molar-refractivity contribution in [3.05, 3.63) is 28.5 Å². The zero-order valence-electron chi connectivity index (χ0n) is 6.77.